The van der Waals surface area contributed by atoms with Gasteiger partial charge < -0.3 is 14.8 Å². The minimum Gasteiger partial charge on any atom is -0.454 e. The van der Waals surface area contributed by atoms with E-state index in [2.05, 4.69) is 5.32 Å². The predicted octanol–water partition coefficient (Wildman–Crippen LogP) is 3.00. The van der Waals surface area contributed by atoms with Crippen molar-refractivity contribution in [2.24, 2.45) is 5.41 Å². The molecule has 0 unspecified atom stereocenters. The maximum atomic E-state index is 12.5. The first kappa shape index (κ1) is 19.3. The Kier molecular flexibility index (Phi) is 5.46. The van der Waals surface area contributed by atoms with Gasteiger partial charge in [0.2, 0.25) is 12.7 Å². The van der Waals surface area contributed by atoms with Gasteiger partial charge in [-0.1, -0.05) is 26.8 Å². The molecular weight excluding hydrogens is 368 g/mol. The lowest BCUT2D eigenvalue weighted by Crippen LogP contribution is -2.38. The second kappa shape index (κ2) is 7.64. The maximum Gasteiger partial charge on any atom is 0.293 e. The summed E-state index contributed by atoms with van der Waals surface area (Å²) in [5, 5.41) is 2.42. The van der Waals surface area contributed by atoms with Crippen LogP contribution in [0.25, 0.3) is 6.08 Å². The second-order valence-corrected chi connectivity index (χ2v) is 8.53. The number of carbonyl (C=O) groups is 3. The van der Waals surface area contributed by atoms with Gasteiger partial charge in [-0.3, -0.25) is 19.3 Å². The molecule has 1 fully saturated rings. The van der Waals surface area contributed by atoms with Crippen LogP contribution in [0.2, 0.25) is 0 Å². The molecule has 0 aromatic heterocycles. The average molecular weight is 390 g/mol. The van der Waals surface area contributed by atoms with Crippen LogP contribution in [0.4, 0.5) is 4.79 Å². The van der Waals surface area contributed by atoms with Gasteiger partial charge in [0.15, 0.2) is 11.5 Å². The summed E-state index contributed by atoms with van der Waals surface area (Å²) in [5.41, 5.74) is 0.642. The van der Waals surface area contributed by atoms with Crippen LogP contribution in [0.15, 0.2) is 23.1 Å². The highest BCUT2D eigenvalue weighted by molar-refractivity contribution is 8.18. The normalized spacial score (nSPS) is 17.7. The van der Waals surface area contributed by atoms with Gasteiger partial charge in [0, 0.05) is 19.5 Å². The van der Waals surface area contributed by atoms with E-state index in [1.807, 2.05) is 20.8 Å². The van der Waals surface area contributed by atoms with Gasteiger partial charge in [-0.2, -0.15) is 0 Å². The van der Waals surface area contributed by atoms with Crippen molar-refractivity contribution in [2.45, 2.75) is 27.2 Å². The molecule has 0 saturated carbocycles. The molecule has 1 N–H and O–H groups in total. The summed E-state index contributed by atoms with van der Waals surface area (Å²) < 4.78 is 10.6. The SMILES string of the molecule is CC(C)(C)CC(=O)NCCN1C(=O)SC(=Cc2ccc3c(c2)OCO3)C1=O. The lowest BCUT2D eigenvalue weighted by molar-refractivity contribution is -0.125. The number of rotatable bonds is 5. The summed E-state index contributed by atoms with van der Waals surface area (Å²) in [7, 11) is 0. The minimum atomic E-state index is -0.354. The highest BCUT2D eigenvalue weighted by atomic mass is 32.2. The van der Waals surface area contributed by atoms with E-state index in [1.165, 1.54) is 0 Å². The molecule has 1 aromatic carbocycles. The topological polar surface area (TPSA) is 84.9 Å². The zero-order valence-corrected chi connectivity index (χ0v) is 16.4. The van der Waals surface area contributed by atoms with Crippen molar-refractivity contribution < 1.29 is 23.9 Å². The summed E-state index contributed by atoms with van der Waals surface area (Å²) in [6, 6.07) is 5.33. The molecule has 2 aliphatic rings. The number of amides is 3. The third-order valence-corrected chi connectivity index (χ3v) is 4.82. The fourth-order valence-electron chi connectivity index (χ4n) is 2.70. The number of nitrogens with zero attached hydrogens (tertiary/aromatic N) is 1. The number of hydrogen-bond acceptors (Lipinski definition) is 6. The van der Waals surface area contributed by atoms with Crippen LogP contribution in [-0.2, 0) is 9.59 Å². The summed E-state index contributed by atoms with van der Waals surface area (Å²) >= 11 is 0.893. The molecule has 1 aromatic rings. The van der Waals surface area contributed by atoms with Crippen molar-refractivity contribution >= 4 is 34.9 Å². The van der Waals surface area contributed by atoms with E-state index in [-0.39, 0.29) is 42.4 Å². The van der Waals surface area contributed by atoms with Crippen LogP contribution in [0.1, 0.15) is 32.8 Å². The van der Waals surface area contributed by atoms with Crippen molar-refractivity contribution in [1.82, 2.24) is 10.2 Å². The second-order valence-electron chi connectivity index (χ2n) is 7.53. The fourth-order valence-corrected chi connectivity index (χ4v) is 3.56. The Balaban J connectivity index is 1.59. The Morgan fingerprint density at radius 1 is 1.26 bits per heavy atom. The quantitative estimate of drug-likeness (QED) is 0.778. The number of imide groups is 1. The van der Waals surface area contributed by atoms with Crippen molar-refractivity contribution in [3.05, 3.63) is 28.7 Å². The third kappa shape index (κ3) is 4.82. The molecule has 2 aliphatic heterocycles. The highest BCUT2D eigenvalue weighted by Gasteiger charge is 2.34. The molecule has 0 bridgehead atoms. The molecule has 8 heteroatoms. The average Bonchev–Trinajstić information content (AvgIpc) is 3.12. The Labute approximate surface area is 162 Å². The van der Waals surface area contributed by atoms with Gasteiger partial charge in [-0.05, 0) is 40.9 Å². The number of thioether (sulfide) groups is 1. The molecule has 0 aliphatic carbocycles. The van der Waals surface area contributed by atoms with Crippen LogP contribution >= 0.6 is 11.8 Å². The van der Waals surface area contributed by atoms with Crippen LogP contribution in [0, 0.1) is 5.41 Å². The number of nitrogens with one attached hydrogen (secondary N) is 1. The molecular formula is C19H22N2O5S. The van der Waals surface area contributed by atoms with Gasteiger partial charge in [0.05, 0.1) is 4.91 Å². The van der Waals surface area contributed by atoms with Crippen molar-refractivity contribution in [3.63, 3.8) is 0 Å². The Morgan fingerprint density at radius 2 is 2.00 bits per heavy atom. The number of ether oxygens (including phenoxy) is 2. The fraction of sp³-hybridized carbons (Fsp3) is 0.421. The van der Waals surface area contributed by atoms with Gasteiger partial charge in [0.25, 0.3) is 11.1 Å². The lowest BCUT2D eigenvalue weighted by Gasteiger charge is -2.18. The molecule has 3 rings (SSSR count). The molecule has 0 radical (unpaired) electrons. The minimum absolute atomic E-state index is 0.0922. The highest BCUT2D eigenvalue weighted by Crippen LogP contribution is 2.36. The first-order chi connectivity index (χ1) is 12.7. The molecule has 0 spiro atoms. The smallest absolute Gasteiger partial charge is 0.293 e. The van der Waals surface area contributed by atoms with Crippen LogP contribution < -0.4 is 14.8 Å². The molecule has 1 saturated heterocycles. The van der Waals surface area contributed by atoms with E-state index in [1.54, 1.807) is 24.3 Å². The van der Waals surface area contributed by atoms with Gasteiger partial charge >= 0.3 is 0 Å². The van der Waals surface area contributed by atoms with E-state index in [9.17, 15) is 14.4 Å². The Hall–Kier alpha value is -2.48. The summed E-state index contributed by atoms with van der Waals surface area (Å²) in [6.45, 7) is 6.50. The molecule has 144 valence electrons. The van der Waals surface area contributed by atoms with E-state index >= 15 is 0 Å². The monoisotopic (exact) mass is 390 g/mol. The van der Waals surface area contributed by atoms with E-state index in [4.69, 9.17) is 9.47 Å². The molecule has 7 nitrogen and oxygen atoms in total. The third-order valence-electron chi connectivity index (χ3n) is 3.92. The van der Waals surface area contributed by atoms with E-state index in [0.29, 0.717) is 22.8 Å². The van der Waals surface area contributed by atoms with Gasteiger partial charge in [-0.25, -0.2) is 0 Å². The van der Waals surface area contributed by atoms with Gasteiger partial charge in [0.1, 0.15) is 0 Å². The van der Waals surface area contributed by atoms with Crippen molar-refractivity contribution in [3.8, 4) is 11.5 Å². The zero-order valence-electron chi connectivity index (χ0n) is 15.5. The van der Waals surface area contributed by atoms with Gasteiger partial charge in [-0.15, -0.1) is 0 Å². The summed E-state index contributed by atoms with van der Waals surface area (Å²) in [6.07, 6.45) is 2.05. The number of carbonyl (C=O) groups excluding carboxylic acids is 3. The van der Waals surface area contributed by atoms with E-state index < -0.39 is 0 Å². The van der Waals surface area contributed by atoms with Crippen LogP contribution in [0.3, 0.4) is 0 Å². The Morgan fingerprint density at radius 3 is 2.74 bits per heavy atom. The van der Waals surface area contributed by atoms with Crippen molar-refractivity contribution in [2.75, 3.05) is 19.9 Å². The lowest BCUT2D eigenvalue weighted by atomic mass is 9.92. The number of benzene rings is 1. The first-order valence-electron chi connectivity index (χ1n) is 8.65. The Bertz CT molecular complexity index is 813. The van der Waals surface area contributed by atoms with Crippen LogP contribution in [-0.4, -0.2) is 41.8 Å². The first-order valence-corrected chi connectivity index (χ1v) is 9.46. The zero-order chi connectivity index (χ0) is 19.6. The summed E-state index contributed by atoms with van der Waals surface area (Å²) in [5.74, 6) is 0.828. The summed E-state index contributed by atoms with van der Waals surface area (Å²) in [4.78, 5) is 38.0. The number of fused-ring (bicyclic) bond motifs is 1. The molecule has 2 heterocycles. The largest absolute Gasteiger partial charge is 0.454 e. The van der Waals surface area contributed by atoms with E-state index in [0.717, 1.165) is 22.2 Å². The van der Waals surface area contributed by atoms with Crippen LogP contribution in [0.5, 0.6) is 11.5 Å². The standard InChI is InChI=1S/C19H22N2O5S/c1-19(2,3)10-16(22)20-6-7-21-17(23)15(27-18(21)24)9-12-4-5-13-14(8-12)26-11-25-13/h4-5,8-9H,6-7,10-11H2,1-3H3,(H,20,22). The molecule has 3 amide bonds. The molecule has 27 heavy (non-hydrogen) atoms. The number of hydrogen-bond donors (Lipinski definition) is 1. The molecule has 0 atom stereocenters. The predicted molar refractivity (Wildman–Crippen MR) is 102 cm³/mol. The van der Waals surface area contributed by atoms with Crippen molar-refractivity contribution in [1.29, 1.82) is 0 Å². The maximum absolute atomic E-state index is 12.5.